The first-order chi connectivity index (χ1) is 11.7. The summed E-state index contributed by atoms with van der Waals surface area (Å²) in [5.74, 6) is -0.960. The van der Waals surface area contributed by atoms with Gasteiger partial charge in [-0.05, 0) is 30.3 Å². The molecule has 0 spiro atoms. The van der Waals surface area contributed by atoms with Crippen molar-refractivity contribution in [2.45, 2.75) is 0 Å². The highest BCUT2D eigenvalue weighted by molar-refractivity contribution is 5.91. The Morgan fingerprint density at radius 2 is 1.42 bits per heavy atom. The van der Waals surface area contributed by atoms with Crippen LogP contribution in [-0.4, -0.2) is 26.9 Å². The fourth-order valence-corrected chi connectivity index (χ4v) is 1.80. The third kappa shape index (κ3) is 3.77. The molecule has 0 aromatic carbocycles. The molecule has 0 saturated carbocycles. The maximum Gasteiger partial charge on any atom is 0.346 e. The molecule has 3 rings (SSSR count). The quantitative estimate of drug-likeness (QED) is 0.681. The third-order valence-electron chi connectivity index (χ3n) is 2.91. The zero-order valence-electron chi connectivity index (χ0n) is 12.3. The molecule has 7 nitrogen and oxygen atoms in total. The SMILES string of the molecule is O=C(Oc1ccnc(OC(=O)c2cccnc2)c1)c1cccnc1. The highest BCUT2D eigenvalue weighted by Crippen LogP contribution is 2.18. The fourth-order valence-electron chi connectivity index (χ4n) is 1.80. The van der Waals surface area contributed by atoms with E-state index in [0.29, 0.717) is 5.56 Å². The van der Waals surface area contributed by atoms with Crippen LogP contribution in [0.3, 0.4) is 0 Å². The van der Waals surface area contributed by atoms with Crippen LogP contribution >= 0.6 is 0 Å². The highest BCUT2D eigenvalue weighted by Gasteiger charge is 2.12. The molecule has 0 unspecified atom stereocenters. The Kier molecular flexibility index (Phi) is 4.52. The summed E-state index contributed by atoms with van der Waals surface area (Å²) in [6.07, 6.45) is 7.26. The van der Waals surface area contributed by atoms with Gasteiger partial charge in [-0.3, -0.25) is 9.97 Å². The topological polar surface area (TPSA) is 91.3 Å². The second kappa shape index (κ2) is 7.10. The predicted molar refractivity (Wildman–Crippen MR) is 82.6 cm³/mol. The Morgan fingerprint density at radius 3 is 2.00 bits per heavy atom. The molecule has 0 aliphatic carbocycles. The molecule has 118 valence electrons. The van der Waals surface area contributed by atoms with Crippen LogP contribution in [0.15, 0.2) is 67.4 Å². The molecule has 0 saturated heterocycles. The van der Waals surface area contributed by atoms with Crippen LogP contribution in [-0.2, 0) is 0 Å². The van der Waals surface area contributed by atoms with E-state index in [1.807, 2.05) is 0 Å². The smallest absolute Gasteiger partial charge is 0.346 e. The number of ether oxygens (including phenoxy) is 2. The summed E-state index contributed by atoms with van der Waals surface area (Å²) in [4.78, 5) is 35.5. The van der Waals surface area contributed by atoms with E-state index in [0.717, 1.165) is 0 Å². The minimum Gasteiger partial charge on any atom is -0.423 e. The lowest BCUT2D eigenvalue weighted by molar-refractivity contribution is 0.0726. The van der Waals surface area contributed by atoms with Crippen molar-refractivity contribution >= 4 is 11.9 Å². The van der Waals surface area contributed by atoms with Gasteiger partial charge in [0.1, 0.15) is 5.75 Å². The van der Waals surface area contributed by atoms with Gasteiger partial charge >= 0.3 is 11.9 Å². The van der Waals surface area contributed by atoms with Crippen molar-refractivity contribution in [1.82, 2.24) is 15.0 Å². The van der Waals surface area contributed by atoms with E-state index in [-0.39, 0.29) is 17.2 Å². The van der Waals surface area contributed by atoms with Crippen molar-refractivity contribution in [3.63, 3.8) is 0 Å². The minimum atomic E-state index is -0.605. The van der Waals surface area contributed by atoms with Crippen LogP contribution in [0.5, 0.6) is 11.6 Å². The number of carbonyl (C=O) groups excluding carboxylic acids is 2. The summed E-state index contributed by atoms with van der Waals surface area (Å²) in [5.41, 5.74) is 0.597. The average molecular weight is 321 g/mol. The summed E-state index contributed by atoms with van der Waals surface area (Å²) in [7, 11) is 0. The summed E-state index contributed by atoms with van der Waals surface area (Å²) in [6, 6.07) is 9.24. The summed E-state index contributed by atoms with van der Waals surface area (Å²) in [5, 5.41) is 0. The number of rotatable bonds is 4. The second-order valence-corrected chi connectivity index (χ2v) is 4.59. The number of esters is 2. The average Bonchev–Trinajstić information content (AvgIpc) is 2.63. The van der Waals surface area contributed by atoms with Crippen molar-refractivity contribution in [3.8, 4) is 11.6 Å². The lowest BCUT2D eigenvalue weighted by atomic mass is 10.3. The first-order valence-corrected chi connectivity index (χ1v) is 6.93. The summed E-state index contributed by atoms with van der Waals surface area (Å²) in [6.45, 7) is 0. The van der Waals surface area contributed by atoms with Crippen LogP contribution in [0.25, 0.3) is 0 Å². The van der Waals surface area contributed by atoms with Crippen LogP contribution in [0.2, 0.25) is 0 Å². The highest BCUT2D eigenvalue weighted by atomic mass is 16.5. The zero-order valence-corrected chi connectivity index (χ0v) is 12.3. The largest absolute Gasteiger partial charge is 0.423 e. The van der Waals surface area contributed by atoms with Crippen molar-refractivity contribution in [2.75, 3.05) is 0 Å². The molecule has 3 aromatic heterocycles. The van der Waals surface area contributed by atoms with Gasteiger partial charge in [-0.1, -0.05) is 0 Å². The maximum absolute atomic E-state index is 12.0. The number of aromatic nitrogens is 3. The van der Waals surface area contributed by atoms with Crippen LogP contribution in [0, 0.1) is 0 Å². The molecule has 0 radical (unpaired) electrons. The maximum atomic E-state index is 12.0. The Labute approximate surface area is 136 Å². The summed E-state index contributed by atoms with van der Waals surface area (Å²) >= 11 is 0. The van der Waals surface area contributed by atoms with Gasteiger partial charge in [-0.15, -0.1) is 0 Å². The number of nitrogens with zero attached hydrogens (tertiary/aromatic N) is 3. The van der Waals surface area contributed by atoms with Gasteiger partial charge in [-0.2, -0.15) is 0 Å². The molecule has 0 N–H and O–H groups in total. The monoisotopic (exact) mass is 321 g/mol. The molecular formula is C17H11N3O4. The van der Waals surface area contributed by atoms with Gasteiger partial charge in [0.15, 0.2) is 0 Å². The number of hydrogen-bond donors (Lipinski definition) is 0. The van der Waals surface area contributed by atoms with Crippen molar-refractivity contribution in [2.24, 2.45) is 0 Å². The molecule has 0 aliphatic heterocycles. The molecule has 3 heterocycles. The first-order valence-electron chi connectivity index (χ1n) is 6.93. The van der Waals surface area contributed by atoms with E-state index < -0.39 is 11.9 Å². The normalized spacial score (nSPS) is 10.0. The van der Waals surface area contributed by atoms with Gasteiger partial charge < -0.3 is 9.47 Å². The van der Waals surface area contributed by atoms with E-state index in [1.54, 1.807) is 36.7 Å². The first kappa shape index (κ1) is 15.3. The van der Waals surface area contributed by atoms with Gasteiger partial charge in [0.25, 0.3) is 0 Å². The van der Waals surface area contributed by atoms with Crippen LogP contribution in [0.4, 0.5) is 0 Å². The van der Waals surface area contributed by atoms with Crippen molar-refractivity contribution in [3.05, 3.63) is 78.5 Å². The molecule has 0 aliphatic rings. The van der Waals surface area contributed by atoms with E-state index in [2.05, 4.69) is 15.0 Å². The van der Waals surface area contributed by atoms with E-state index in [4.69, 9.17) is 9.47 Å². The number of hydrogen-bond acceptors (Lipinski definition) is 7. The summed E-state index contributed by atoms with van der Waals surface area (Å²) < 4.78 is 10.3. The molecule has 0 fully saturated rings. The Hall–Kier alpha value is -3.61. The molecule has 0 atom stereocenters. The van der Waals surface area contributed by atoms with Crippen LogP contribution in [0.1, 0.15) is 20.7 Å². The standard InChI is InChI=1S/C17H11N3O4/c21-16(12-3-1-6-18-10-12)23-14-5-8-20-15(9-14)24-17(22)13-4-2-7-19-11-13/h1-11H. The number of carbonyl (C=O) groups is 2. The van der Waals surface area contributed by atoms with Crippen molar-refractivity contribution < 1.29 is 19.1 Å². The third-order valence-corrected chi connectivity index (χ3v) is 2.91. The fraction of sp³-hybridized carbons (Fsp3) is 0. The lowest BCUT2D eigenvalue weighted by Crippen LogP contribution is -2.11. The van der Waals surface area contributed by atoms with E-state index in [1.165, 1.54) is 30.7 Å². The Morgan fingerprint density at radius 1 is 0.792 bits per heavy atom. The lowest BCUT2D eigenvalue weighted by Gasteiger charge is -2.06. The molecule has 7 heteroatoms. The number of pyridine rings is 3. The minimum absolute atomic E-state index is 0.0142. The van der Waals surface area contributed by atoms with Crippen molar-refractivity contribution in [1.29, 1.82) is 0 Å². The molecule has 24 heavy (non-hydrogen) atoms. The Balaban J connectivity index is 1.70. The second-order valence-electron chi connectivity index (χ2n) is 4.59. The van der Waals surface area contributed by atoms with E-state index >= 15 is 0 Å². The van der Waals surface area contributed by atoms with Gasteiger partial charge in [-0.25, -0.2) is 14.6 Å². The molecule has 3 aromatic rings. The predicted octanol–water partition coefficient (Wildman–Crippen LogP) is 2.31. The molecule has 0 bridgehead atoms. The zero-order chi connectivity index (χ0) is 16.8. The Bertz CT molecular complexity index is 785. The van der Waals surface area contributed by atoms with Gasteiger partial charge in [0.05, 0.1) is 11.1 Å². The van der Waals surface area contributed by atoms with Crippen LogP contribution < -0.4 is 9.47 Å². The molecular weight excluding hydrogens is 310 g/mol. The molecule has 0 amide bonds. The van der Waals surface area contributed by atoms with Gasteiger partial charge in [0, 0.05) is 37.1 Å². The van der Waals surface area contributed by atoms with Gasteiger partial charge in [0.2, 0.25) is 5.88 Å². The van der Waals surface area contributed by atoms with E-state index in [9.17, 15) is 9.59 Å².